The Morgan fingerprint density at radius 3 is 2.37 bits per heavy atom. The third-order valence-corrected chi connectivity index (χ3v) is 7.25. The third kappa shape index (κ3) is 5.44. The van der Waals surface area contributed by atoms with E-state index in [9.17, 15) is 13.2 Å². The minimum atomic E-state index is -3.45. The van der Waals surface area contributed by atoms with Gasteiger partial charge in [0.25, 0.3) is 0 Å². The molecule has 0 aromatic heterocycles. The van der Waals surface area contributed by atoms with E-state index in [0.29, 0.717) is 53.7 Å². The number of anilines is 1. The van der Waals surface area contributed by atoms with Crippen LogP contribution in [0.15, 0.2) is 42.5 Å². The number of hydrogen-bond acceptors (Lipinski definition) is 5. The molecule has 1 amide bonds. The molecule has 0 spiro atoms. The summed E-state index contributed by atoms with van der Waals surface area (Å²) in [4.78, 5) is 12.7. The normalized spacial score (nSPS) is 15.6. The van der Waals surface area contributed by atoms with Crippen LogP contribution in [-0.4, -0.2) is 45.9 Å². The largest absolute Gasteiger partial charge is 0.497 e. The lowest BCUT2D eigenvalue weighted by molar-refractivity contribution is -0.120. The number of sulfonamides is 1. The molecular formula is C21H25ClN2O5S. The SMILES string of the molecule is COc1ccc(NC(=O)C2CCN(S(=O)(=O)Cc3ccc(Cl)cc3)CC2)c(OC)c1. The van der Waals surface area contributed by atoms with Gasteiger partial charge in [-0.05, 0) is 42.7 Å². The first-order valence-electron chi connectivity index (χ1n) is 9.57. The van der Waals surface area contributed by atoms with Crippen LogP contribution in [-0.2, 0) is 20.6 Å². The van der Waals surface area contributed by atoms with Crippen LogP contribution in [0.5, 0.6) is 11.5 Å². The molecular weight excluding hydrogens is 428 g/mol. The summed E-state index contributed by atoms with van der Waals surface area (Å²) in [6.45, 7) is 0.627. The lowest BCUT2D eigenvalue weighted by Crippen LogP contribution is -2.41. The predicted molar refractivity (Wildman–Crippen MR) is 117 cm³/mol. The number of piperidine rings is 1. The first-order chi connectivity index (χ1) is 14.3. The molecule has 162 valence electrons. The number of carbonyl (C=O) groups excluding carboxylic acids is 1. The van der Waals surface area contributed by atoms with Crippen molar-refractivity contribution in [1.29, 1.82) is 0 Å². The fraction of sp³-hybridized carbons (Fsp3) is 0.381. The van der Waals surface area contributed by atoms with Crippen molar-refractivity contribution in [1.82, 2.24) is 4.31 Å². The Labute approximate surface area is 182 Å². The molecule has 3 rings (SSSR count). The molecule has 7 nitrogen and oxygen atoms in total. The van der Waals surface area contributed by atoms with Gasteiger partial charge in [0.2, 0.25) is 15.9 Å². The van der Waals surface area contributed by atoms with Crippen molar-refractivity contribution in [2.24, 2.45) is 5.92 Å². The van der Waals surface area contributed by atoms with E-state index < -0.39 is 10.0 Å². The summed E-state index contributed by atoms with van der Waals surface area (Å²) < 4.78 is 37.4. The number of amides is 1. The van der Waals surface area contributed by atoms with Crippen LogP contribution in [0.25, 0.3) is 0 Å². The van der Waals surface area contributed by atoms with E-state index in [0.717, 1.165) is 0 Å². The highest BCUT2D eigenvalue weighted by molar-refractivity contribution is 7.88. The maximum atomic E-state index is 12.7. The number of carbonyl (C=O) groups is 1. The number of ether oxygens (including phenoxy) is 2. The molecule has 0 unspecified atom stereocenters. The van der Waals surface area contributed by atoms with Gasteiger partial charge in [0.15, 0.2) is 0 Å². The van der Waals surface area contributed by atoms with E-state index in [1.807, 2.05) is 0 Å². The lowest BCUT2D eigenvalue weighted by Gasteiger charge is -2.30. The highest BCUT2D eigenvalue weighted by Crippen LogP contribution is 2.30. The fourth-order valence-corrected chi connectivity index (χ4v) is 5.10. The van der Waals surface area contributed by atoms with Gasteiger partial charge in [0.1, 0.15) is 11.5 Å². The van der Waals surface area contributed by atoms with E-state index in [2.05, 4.69) is 5.32 Å². The molecule has 1 fully saturated rings. The maximum Gasteiger partial charge on any atom is 0.227 e. The summed E-state index contributed by atoms with van der Waals surface area (Å²) >= 11 is 5.86. The summed E-state index contributed by atoms with van der Waals surface area (Å²) in [7, 11) is -0.371. The molecule has 0 bridgehead atoms. The van der Waals surface area contributed by atoms with E-state index in [1.54, 1.807) is 49.6 Å². The van der Waals surface area contributed by atoms with Gasteiger partial charge in [-0.15, -0.1) is 0 Å². The van der Waals surface area contributed by atoms with Gasteiger partial charge in [0, 0.05) is 30.1 Å². The Balaban J connectivity index is 1.58. The maximum absolute atomic E-state index is 12.7. The molecule has 1 heterocycles. The molecule has 1 aliphatic heterocycles. The summed E-state index contributed by atoms with van der Waals surface area (Å²) in [5, 5.41) is 3.45. The Bertz CT molecular complexity index is 987. The van der Waals surface area contributed by atoms with Crippen molar-refractivity contribution < 1.29 is 22.7 Å². The lowest BCUT2D eigenvalue weighted by atomic mass is 9.97. The van der Waals surface area contributed by atoms with E-state index in [-0.39, 0.29) is 17.6 Å². The summed E-state index contributed by atoms with van der Waals surface area (Å²) in [5.74, 6) is 0.645. The van der Waals surface area contributed by atoms with Gasteiger partial charge in [0.05, 0.1) is 25.7 Å². The van der Waals surface area contributed by atoms with Gasteiger partial charge in [-0.25, -0.2) is 12.7 Å². The highest BCUT2D eigenvalue weighted by Gasteiger charge is 2.31. The zero-order valence-corrected chi connectivity index (χ0v) is 18.5. The van der Waals surface area contributed by atoms with Crippen molar-refractivity contribution in [3.05, 3.63) is 53.1 Å². The second-order valence-electron chi connectivity index (χ2n) is 7.11. The molecule has 2 aromatic carbocycles. The Morgan fingerprint density at radius 1 is 1.10 bits per heavy atom. The van der Waals surface area contributed by atoms with Crippen LogP contribution in [0.1, 0.15) is 18.4 Å². The quantitative estimate of drug-likeness (QED) is 0.694. The zero-order valence-electron chi connectivity index (χ0n) is 16.9. The van der Waals surface area contributed by atoms with Crippen LogP contribution in [0.2, 0.25) is 5.02 Å². The molecule has 1 N–H and O–H groups in total. The van der Waals surface area contributed by atoms with Crippen LogP contribution < -0.4 is 14.8 Å². The van der Waals surface area contributed by atoms with Crippen molar-refractivity contribution in [3.63, 3.8) is 0 Å². The predicted octanol–water partition coefficient (Wildman–Crippen LogP) is 3.54. The number of methoxy groups -OCH3 is 2. The summed E-state index contributed by atoms with van der Waals surface area (Å²) in [6.07, 6.45) is 0.925. The van der Waals surface area contributed by atoms with E-state index >= 15 is 0 Å². The van der Waals surface area contributed by atoms with Crippen LogP contribution in [0.4, 0.5) is 5.69 Å². The molecule has 0 radical (unpaired) electrons. The number of nitrogens with one attached hydrogen (secondary N) is 1. The van der Waals surface area contributed by atoms with Gasteiger partial charge < -0.3 is 14.8 Å². The number of benzene rings is 2. The second-order valence-corrected chi connectivity index (χ2v) is 9.52. The minimum Gasteiger partial charge on any atom is -0.497 e. The summed E-state index contributed by atoms with van der Waals surface area (Å²) in [5.41, 5.74) is 1.24. The smallest absolute Gasteiger partial charge is 0.227 e. The molecule has 0 saturated carbocycles. The van der Waals surface area contributed by atoms with Gasteiger partial charge in [-0.3, -0.25) is 4.79 Å². The fourth-order valence-electron chi connectivity index (χ4n) is 3.42. The molecule has 1 saturated heterocycles. The summed E-state index contributed by atoms with van der Waals surface area (Å²) in [6, 6.07) is 11.9. The number of halogens is 1. The molecule has 0 atom stereocenters. The van der Waals surface area contributed by atoms with Gasteiger partial charge >= 0.3 is 0 Å². The number of nitrogens with zero attached hydrogens (tertiary/aromatic N) is 1. The molecule has 9 heteroatoms. The Kier molecular flexibility index (Phi) is 7.23. The van der Waals surface area contributed by atoms with Crippen molar-refractivity contribution >= 4 is 33.2 Å². The van der Waals surface area contributed by atoms with Crippen molar-refractivity contribution in [2.45, 2.75) is 18.6 Å². The molecule has 2 aromatic rings. The standard InChI is InChI=1S/C21H25ClN2O5S/c1-28-18-7-8-19(20(13-18)29-2)23-21(25)16-9-11-24(12-10-16)30(26,27)14-15-3-5-17(22)6-4-15/h3-8,13,16H,9-12,14H2,1-2H3,(H,23,25). The topological polar surface area (TPSA) is 84.9 Å². The van der Waals surface area contributed by atoms with Crippen molar-refractivity contribution in [3.8, 4) is 11.5 Å². The highest BCUT2D eigenvalue weighted by atomic mass is 35.5. The number of rotatable bonds is 7. The third-order valence-electron chi connectivity index (χ3n) is 5.15. The Hall–Kier alpha value is -2.29. The average molecular weight is 453 g/mol. The van der Waals surface area contributed by atoms with Crippen LogP contribution in [0.3, 0.4) is 0 Å². The first kappa shape index (κ1) is 22.4. The molecule has 30 heavy (non-hydrogen) atoms. The first-order valence-corrected chi connectivity index (χ1v) is 11.6. The monoisotopic (exact) mass is 452 g/mol. The second kappa shape index (κ2) is 9.68. The van der Waals surface area contributed by atoms with Crippen LogP contribution in [0, 0.1) is 5.92 Å². The average Bonchev–Trinajstić information content (AvgIpc) is 2.75. The number of hydrogen-bond donors (Lipinski definition) is 1. The van der Waals surface area contributed by atoms with Crippen LogP contribution >= 0.6 is 11.6 Å². The Morgan fingerprint density at radius 2 is 1.77 bits per heavy atom. The van der Waals surface area contributed by atoms with Crippen molar-refractivity contribution in [2.75, 3.05) is 32.6 Å². The minimum absolute atomic E-state index is 0.0793. The molecule has 0 aliphatic carbocycles. The zero-order chi connectivity index (χ0) is 21.7. The van der Waals surface area contributed by atoms with E-state index in [1.165, 1.54) is 11.4 Å². The van der Waals surface area contributed by atoms with Gasteiger partial charge in [-0.2, -0.15) is 0 Å². The van der Waals surface area contributed by atoms with Gasteiger partial charge in [-0.1, -0.05) is 23.7 Å². The molecule has 1 aliphatic rings. The van der Waals surface area contributed by atoms with E-state index in [4.69, 9.17) is 21.1 Å².